The lowest BCUT2D eigenvalue weighted by Gasteiger charge is -1.85. The van der Waals surface area contributed by atoms with Crippen molar-refractivity contribution in [2.75, 3.05) is 6.61 Å². The molecule has 0 aromatic heterocycles. The molecule has 3 nitrogen and oxygen atoms in total. The molecule has 1 aliphatic heterocycles. The van der Waals surface area contributed by atoms with Crippen molar-refractivity contribution >= 4 is 14.4 Å². The first kappa shape index (κ1) is 5.70. The standard InChI is InChI=1S/C4H5O3P/c5-4-1-3(8-6)2-7-4/h3H,1-2H2. The monoisotopic (exact) mass is 132 g/mol. The van der Waals surface area contributed by atoms with Crippen LogP contribution in [0.3, 0.4) is 0 Å². The molecule has 1 aliphatic rings. The average molecular weight is 132 g/mol. The van der Waals surface area contributed by atoms with Crippen molar-refractivity contribution < 1.29 is 14.1 Å². The molecule has 0 bridgehead atoms. The smallest absolute Gasteiger partial charge is 0.307 e. The summed E-state index contributed by atoms with van der Waals surface area (Å²) in [4.78, 5) is 10.2. The van der Waals surface area contributed by atoms with E-state index in [1.165, 1.54) is 0 Å². The van der Waals surface area contributed by atoms with E-state index >= 15 is 0 Å². The lowest BCUT2D eigenvalue weighted by molar-refractivity contribution is -0.137. The van der Waals surface area contributed by atoms with E-state index in [4.69, 9.17) is 0 Å². The quantitative estimate of drug-likeness (QED) is 0.387. The summed E-state index contributed by atoms with van der Waals surface area (Å²) >= 11 is 0. The van der Waals surface area contributed by atoms with Gasteiger partial charge in [0, 0.05) is 0 Å². The average Bonchev–Trinajstić information content (AvgIpc) is 2.14. The Balaban J connectivity index is 2.43. The van der Waals surface area contributed by atoms with Crippen molar-refractivity contribution in [2.45, 2.75) is 12.1 Å². The summed E-state index contributed by atoms with van der Waals surface area (Å²) in [5.74, 6) is -0.238. The Hall–Kier alpha value is -0.430. The fraction of sp³-hybridized carbons (Fsp3) is 0.750. The fourth-order valence-electron chi connectivity index (χ4n) is 0.567. The van der Waals surface area contributed by atoms with E-state index in [-0.39, 0.29) is 20.1 Å². The summed E-state index contributed by atoms with van der Waals surface area (Å²) in [5.41, 5.74) is -0.0810. The van der Waals surface area contributed by atoms with Gasteiger partial charge in [-0.1, -0.05) is 0 Å². The molecule has 0 spiro atoms. The first-order valence-corrected chi connectivity index (χ1v) is 3.19. The van der Waals surface area contributed by atoms with Gasteiger partial charge in [0.1, 0.15) is 6.61 Å². The highest BCUT2D eigenvalue weighted by molar-refractivity contribution is 7.24. The minimum Gasteiger partial charge on any atom is -0.465 e. The predicted molar refractivity (Wildman–Crippen MR) is 27.0 cm³/mol. The molecule has 0 aromatic rings. The van der Waals surface area contributed by atoms with E-state index in [0.717, 1.165) is 0 Å². The van der Waals surface area contributed by atoms with Crippen molar-refractivity contribution in [3.05, 3.63) is 0 Å². The van der Waals surface area contributed by atoms with E-state index in [9.17, 15) is 9.36 Å². The molecule has 44 valence electrons. The Morgan fingerprint density at radius 3 is 2.75 bits per heavy atom. The van der Waals surface area contributed by atoms with Gasteiger partial charge in [0.25, 0.3) is 0 Å². The Morgan fingerprint density at radius 2 is 2.50 bits per heavy atom. The lowest BCUT2D eigenvalue weighted by Crippen LogP contribution is -1.93. The van der Waals surface area contributed by atoms with Gasteiger partial charge in [-0.2, -0.15) is 0 Å². The van der Waals surface area contributed by atoms with E-state index in [0.29, 0.717) is 13.0 Å². The number of esters is 1. The zero-order chi connectivity index (χ0) is 5.98. The second-order valence-corrected chi connectivity index (χ2v) is 2.59. The third-order valence-electron chi connectivity index (χ3n) is 0.988. The van der Waals surface area contributed by atoms with Crippen LogP contribution in [0.1, 0.15) is 6.42 Å². The Labute approximate surface area is 48.2 Å². The van der Waals surface area contributed by atoms with E-state index in [1.54, 1.807) is 0 Å². The largest absolute Gasteiger partial charge is 0.465 e. The summed E-state index contributed by atoms with van der Waals surface area (Å²) in [5, 5.41) is 0. The maximum absolute atomic E-state index is 10.2. The Morgan fingerprint density at radius 1 is 1.75 bits per heavy atom. The molecule has 4 heteroatoms. The van der Waals surface area contributed by atoms with Crippen LogP contribution < -0.4 is 0 Å². The van der Waals surface area contributed by atoms with Gasteiger partial charge in [-0.3, -0.25) is 9.36 Å². The summed E-state index contributed by atoms with van der Waals surface area (Å²) in [6, 6.07) is 0. The normalized spacial score (nSPS) is 28.5. The van der Waals surface area contributed by atoms with Crippen LogP contribution in [0.5, 0.6) is 0 Å². The molecule has 1 heterocycles. The molecule has 0 aromatic carbocycles. The van der Waals surface area contributed by atoms with E-state index in [1.807, 2.05) is 0 Å². The van der Waals surface area contributed by atoms with Crippen LogP contribution >= 0.6 is 8.46 Å². The van der Waals surface area contributed by atoms with Gasteiger partial charge < -0.3 is 4.74 Å². The maximum atomic E-state index is 10.2. The molecule has 1 rings (SSSR count). The summed E-state index contributed by atoms with van der Waals surface area (Å²) < 4.78 is 14.5. The van der Waals surface area contributed by atoms with Gasteiger partial charge in [-0.25, -0.2) is 0 Å². The van der Waals surface area contributed by atoms with Crippen molar-refractivity contribution in [1.29, 1.82) is 0 Å². The van der Waals surface area contributed by atoms with E-state index < -0.39 is 0 Å². The number of carbonyl (C=O) groups excluding carboxylic acids is 1. The molecule has 0 aliphatic carbocycles. The van der Waals surface area contributed by atoms with Crippen LogP contribution in [0, 0.1) is 0 Å². The highest BCUT2D eigenvalue weighted by atomic mass is 31.1. The molecule has 0 saturated carbocycles. The molecule has 0 radical (unpaired) electrons. The van der Waals surface area contributed by atoms with Crippen LogP contribution in [0.25, 0.3) is 0 Å². The van der Waals surface area contributed by atoms with Crippen molar-refractivity contribution in [1.82, 2.24) is 0 Å². The summed E-state index contributed by atoms with van der Waals surface area (Å²) in [6.45, 7) is 0.323. The van der Waals surface area contributed by atoms with Gasteiger partial charge in [-0.05, 0) is 0 Å². The minimum absolute atomic E-state index is 0.0209. The van der Waals surface area contributed by atoms with Crippen molar-refractivity contribution in [2.24, 2.45) is 0 Å². The second-order valence-electron chi connectivity index (χ2n) is 1.65. The van der Waals surface area contributed by atoms with Gasteiger partial charge in [0.2, 0.25) is 0 Å². The minimum atomic E-state index is -0.238. The second kappa shape index (κ2) is 2.23. The molecular formula is C4H5O3P. The third-order valence-corrected chi connectivity index (χ3v) is 1.62. The molecule has 1 fully saturated rings. The highest BCUT2D eigenvalue weighted by Gasteiger charge is 2.23. The highest BCUT2D eigenvalue weighted by Crippen LogP contribution is 2.17. The summed E-state index contributed by atoms with van der Waals surface area (Å²) in [6.07, 6.45) is 0.311. The zero-order valence-electron chi connectivity index (χ0n) is 4.16. The predicted octanol–water partition coefficient (Wildman–Crippen LogP) is 0.594. The number of rotatable bonds is 1. The van der Waals surface area contributed by atoms with Gasteiger partial charge >= 0.3 is 5.97 Å². The zero-order valence-corrected chi connectivity index (χ0v) is 5.06. The van der Waals surface area contributed by atoms with Crippen LogP contribution in [0.15, 0.2) is 0 Å². The number of ether oxygens (including phenoxy) is 1. The lowest BCUT2D eigenvalue weighted by atomic mass is 10.4. The molecule has 1 saturated heterocycles. The first-order valence-electron chi connectivity index (χ1n) is 2.31. The van der Waals surface area contributed by atoms with Crippen LogP contribution in [0.4, 0.5) is 0 Å². The number of hydrogen-bond donors (Lipinski definition) is 0. The Bertz CT molecular complexity index is 122. The number of carbonyl (C=O) groups is 1. The summed E-state index contributed by atoms with van der Waals surface area (Å²) in [7, 11) is 0.0209. The van der Waals surface area contributed by atoms with Crippen molar-refractivity contribution in [3.8, 4) is 0 Å². The van der Waals surface area contributed by atoms with E-state index in [2.05, 4.69) is 4.74 Å². The number of hydrogen-bond acceptors (Lipinski definition) is 3. The number of cyclic esters (lactones) is 1. The molecular weight excluding hydrogens is 127 g/mol. The van der Waals surface area contributed by atoms with Gasteiger partial charge in [0.05, 0.1) is 12.1 Å². The maximum Gasteiger partial charge on any atom is 0.307 e. The molecule has 0 N–H and O–H groups in total. The third kappa shape index (κ3) is 1.04. The molecule has 1 atom stereocenters. The van der Waals surface area contributed by atoms with Crippen LogP contribution in [0.2, 0.25) is 0 Å². The first-order chi connectivity index (χ1) is 3.83. The molecule has 1 unspecified atom stereocenters. The van der Waals surface area contributed by atoms with Gasteiger partial charge in [-0.15, -0.1) is 0 Å². The topological polar surface area (TPSA) is 43.4 Å². The SMILES string of the molecule is O=PC1COC(=O)C1. The fourth-order valence-corrected chi connectivity index (χ4v) is 0.926. The van der Waals surface area contributed by atoms with Crippen molar-refractivity contribution in [3.63, 3.8) is 0 Å². The van der Waals surface area contributed by atoms with Crippen LogP contribution in [-0.2, 0) is 14.1 Å². The Kier molecular flexibility index (Phi) is 1.59. The van der Waals surface area contributed by atoms with Gasteiger partial charge in [0.15, 0.2) is 8.46 Å². The molecule has 0 amide bonds. The molecule has 8 heavy (non-hydrogen) atoms. The van der Waals surface area contributed by atoms with Crippen LogP contribution in [-0.4, -0.2) is 18.2 Å².